The average molecular weight is 258 g/mol. The topological polar surface area (TPSA) is 66.6 Å². The summed E-state index contributed by atoms with van der Waals surface area (Å²) < 4.78 is 26.5. The van der Waals surface area contributed by atoms with Crippen molar-refractivity contribution in [1.29, 1.82) is 0 Å². The summed E-state index contributed by atoms with van der Waals surface area (Å²) in [5.74, 6) is -2.16. The van der Waals surface area contributed by atoms with Gasteiger partial charge in [-0.25, -0.2) is 4.39 Å². The van der Waals surface area contributed by atoms with Gasteiger partial charge in [0, 0.05) is 25.2 Å². The highest BCUT2D eigenvalue weighted by Gasteiger charge is 2.25. The van der Waals surface area contributed by atoms with Crippen molar-refractivity contribution >= 4 is 11.4 Å². The second kappa shape index (κ2) is 6.06. The third-order valence-corrected chi connectivity index (χ3v) is 2.25. The molecule has 0 amide bonds. The van der Waals surface area contributed by atoms with Crippen molar-refractivity contribution in [3.05, 3.63) is 46.5 Å². The molecule has 0 unspecified atom stereocenters. The first-order valence-corrected chi connectivity index (χ1v) is 5.11. The van der Waals surface area contributed by atoms with Gasteiger partial charge in [-0.15, -0.1) is 6.58 Å². The van der Waals surface area contributed by atoms with Crippen LogP contribution in [0.4, 0.5) is 20.2 Å². The molecule has 0 spiro atoms. The van der Waals surface area contributed by atoms with Crippen molar-refractivity contribution < 1.29 is 18.8 Å². The Morgan fingerprint density at radius 1 is 1.50 bits per heavy atom. The van der Waals surface area contributed by atoms with Crippen LogP contribution in [0.3, 0.4) is 0 Å². The number of hydrogen-bond donors (Lipinski definition) is 1. The fraction of sp³-hybridized carbons (Fsp3) is 0.273. The van der Waals surface area contributed by atoms with Crippen LogP contribution >= 0.6 is 0 Å². The highest BCUT2D eigenvalue weighted by Crippen LogP contribution is 2.31. The standard InChI is InChI=1S/C11H12F2N2O3/c1-2-3-14(4-5-16)10-7-8(12)6-9(13)11(10)15(17)18/h2,6-7,16H,1,3-5H2. The zero-order chi connectivity index (χ0) is 13.7. The zero-order valence-corrected chi connectivity index (χ0v) is 9.47. The minimum absolute atomic E-state index is 0.00968. The lowest BCUT2D eigenvalue weighted by Gasteiger charge is -2.22. The Hall–Kier alpha value is -2.02. The first-order chi connectivity index (χ1) is 8.51. The molecule has 1 N–H and O–H groups in total. The summed E-state index contributed by atoms with van der Waals surface area (Å²) in [5.41, 5.74) is -1.03. The maximum atomic E-state index is 13.4. The third-order valence-electron chi connectivity index (χ3n) is 2.25. The Labute approximate surface area is 102 Å². The summed E-state index contributed by atoms with van der Waals surface area (Å²) in [6, 6.07) is 1.31. The van der Waals surface area contributed by atoms with E-state index in [9.17, 15) is 18.9 Å². The molecule has 7 heteroatoms. The highest BCUT2D eigenvalue weighted by molar-refractivity contribution is 5.64. The molecule has 0 aliphatic carbocycles. The van der Waals surface area contributed by atoms with Crippen LogP contribution in [0.1, 0.15) is 0 Å². The Bertz CT molecular complexity index is 466. The summed E-state index contributed by atoms with van der Waals surface area (Å²) in [6.45, 7) is 3.28. The van der Waals surface area contributed by atoms with Crippen molar-refractivity contribution in [1.82, 2.24) is 0 Å². The van der Waals surface area contributed by atoms with E-state index in [0.29, 0.717) is 6.07 Å². The Morgan fingerprint density at radius 2 is 2.17 bits per heavy atom. The van der Waals surface area contributed by atoms with E-state index in [1.165, 1.54) is 11.0 Å². The second-order valence-corrected chi connectivity index (χ2v) is 3.47. The Balaban J connectivity index is 3.34. The van der Waals surface area contributed by atoms with Gasteiger partial charge in [-0.3, -0.25) is 10.1 Å². The van der Waals surface area contributed by atoms with Crippen LogP contribution in [0.25, 0.3) is 0 Å². The molecule has 1 rings (SSSR count). The van der Waals surface area contributed by atoms with Crippen LogP contribution in [0.15, 0.2) is 24.8 Å². The predicted octanol–water partition coefficient (Wildman–Crippen LogP) is 1.86. The lowest BCUT2D eigenvalue weighted by atomic mass is 10.2. The van der Waals surface area contributed by atoms with E-state index in [0.717, 1.165) is 6.07 Å². The molecule has 98 valence electrons. The summed E-state index contributed by atoms with van der Waals surface area (Å²) in [4.78, 5) is 11.2. The maximum Gasteiger partial charge on any atom is 0.328 e. The number of aliphatic hydroxyl groups is 1. The van der Waals surface area contributed by atoms with Crippen LogP contribution in [0.5, 0.6) is 0 Å². The largest absolute Gasteiger partial charge is 0.395 e. The van der Waals surface area contributed by atoms with E-state index >= 15 is 0 Å². The lowest BCUT2D eigenvalue weighted by molar-refractivity contribution is -0.386. The van der Waals surface area contributed by atoms with E-state index in [1.54, 1.807) is 0 Å². The molecule has 0 bridgehead atoms. The summed E-state index contributed by atoms with van der Waals surface area (Å²) in [5, 5.41) is 19.7. The van der Waals surface area contributed by atoms with Gasteiger partial charge in [0.1, 0.15) is 11.5 Å². The van der Waals surface area contributed by atoms with E-state index in [-0.39, 0.29) is 25.4 Å². The van der Waals surface area contributed by atoms with E-state index in [2.05, 4.69) is 6.58 Å². The van der Waals surface area contributed by atoms with Gasteiger partial charge in [-0.2, -0.15) is 4.39 Å². The minimum atomic E-state index is -1.25. The van der Waals surface area contributed by atoms with Crippen molar-refractivity contribution in [2.45, 2.75) is 0 Å². The van der Waals surface area contributed by atoms with Gasteiger partial charge >= 0.3 is 5.69 Å². The normalized spacial score (nSPS) is 10.2. The molecule has 0 fully saturated rings. The summed E-state index contributed by atoms with van der Waals surface area (Å²) in [6.07, 6.45) is 1.42. The number of nitro benzene ring substituents is 1. The van der Waals surface area contributed by atoms with Gasteiger partial charge in [0.2, 0.25) is 5.82 Å². The summed E-state index contributed by atoms with van der Waals surface area (Å²) >= 11 is 0. The number of anilines is 1. The molecule has 0 aromatic heterocycles. The lowest BCUT2D eigenvalue weighted by Crippen LogP contribution is -2.27. The number of aliphatic hydroxyl groups excluding tert-OH is 1. The number of halogens is 2. The molecule has 0 atom stereocenters. The van der Waals surface area contributed by atoms with Crippen molar-refractivity contribution in [3.8, 4) is 0 Å². The molecule has 5 nitrogen and oxygen atoms in total. The number of hydrogen-bond acceptors (Lipinski definition) is 4. The SMILES string of the molecule is C=CCN(CCO)c1cc(F)cc(F)c1[N+](=O)[O-]. The van der Waals surface area contributed by atoms with Gasteiger partial charge in [0.25, 0.3) is 0 Å². The number of nitrogens with zero attached hydrogens (tertiary/aromatic N) is 2. The molecule has 1 aromatic rings. The maximum absolute atomic E-state index is 13.4. The van der Waals surface area contributed by atoms with Gasteiger partial charge in [0.05, 0.1) is 11.5 Å². The van der Waals surface area contributed by atoms with Crippen molar-refractivity contribution in [2.75, 3.05) is 24.6 Å². The predicted molar refractivity (Wildman–Crippen MR) is 62.5 cm³/mol. The van der Waals surface area contributed by atoms with Gasteiger partial charge in [-0.05, 0) is 0 Å². The molecule has 0 aliphatic rings. The molecule has 0 radical (unpaired) electrons. The number of rotatable bonds is 6. The van der Waals surface area contributed by atoms with Crippen LogP contribution in [0, 0.1) is 21.7 Å². The molecule has 0 heterocycles. The van der Waals surface area contributed by atoms with Crippen molar-refractivity contribution in [2.24, 2.45) is 0 Å². The van der Waals surface area contributed by atoms with Crippen LogP contribution in [0.2, 0.25) is 0 Å². The molecule has 0 saturated carbocycles. The molecule has 18 heavy (non-hydrogen) atoms. The number of benzene rings is 1. The molecular formula is C11H12F2N2O3. The fourth-order valence-electron chi connectivity index (χ4n) is 1.56. The van der Waals surface area contributed by atoms with Crippen LogP contribution in [-0.2, 0) is 0 Å². The fourth-order valence-corrected chi connectivity index (χ4v) is 1.56. The van der Waals surface area contributed by atoms with E-state index < -0.39 is 22.2 Å². The molecule has 1 aromatic carbocycles. The van der Waals surface area contributed by atoms with Gasteiger partial charge in [-0.1, -0.05) is 6.08 Å². The minimum Gasteiger partial charge on any atom is -0.395 e. The molecule has 0 saturated heterocycles. The van der Waals surface area contributed by atoms with Crippen LogP contribution < -0.4 is 4.90 Å². The highest BCUT2D eigenvalue weighted by atomic mass is 19.1. The van der Waals surface area contributed by atoms with Gasteiger partial charge in [0.15, 0.2) is 0 Å². The molecule has 0 aliphatic heterocycles. The van der Waals surface area contributed by atoms with Gasteiger partial charge < -0.3 is 10.0 Å². The second-order valence-electron chi connectivity index (χ2n) is 3.47. The third kappa shape index (κ3) is 3.01. The zero-order valence-electron chi connectivity index (χ0n) is 9.47. The average Bonchev–Trinajstić information content (AvgIpc) is 2.26. The van der Waals surface area contributed by atoms with Crippen LogP contribution in [-0.4, -0.2) is 29.7 Å². The Morgan fingerprint density at radius 3 is 2.67 bits per heavy atom. The molecular weight excluding hydrogens is 246 g/mol. The quantitative estimate of drug-likeness (QED) is 0.480. The smallest absolute Gasteiger partial charge is 0.328 e. The monoisotopic (exact) mass is 258 g/mol. The first-order valence-electron chi connectivity index (χ1n) is 5.11. The first kappa shape index (κ1) is 14.0. The Kier molecular flexibility index (Phi) is 4.73. The van der Waals surface area contributed by atoms with Crippen molar-refractivity contribution in [3.63, 3.8) is 0 Å². The van der Waals surface area contributed by atoms with E-state index in [4.69, 9.17) is 5.11 Å². The summed E-state index contributed by atoms with van der Waals surface area (Å²) in [7, 11) is 0. The number of nitro groups is 1. The van der Waals surface area contributed by atoms with E-state index in [1.807, 2.05) is 0 Å².